The third-order valence-electron chi connectivity index (χ3n) is 2.04. The van der Waals surface area contributed by atoms with Gasteiger partial charge in [-0.1, -0.05) is 46.3 Å². The molecule has 1 aromatic rings. The maximum atomic E-state index is 8.63. The van der Waals surface area contributed by atoms with Gasteiger partial charge in [0.05, 0.1) is 6.61 Å². The Morgan fingerprint density at radius 2 is 2.13 bits per heavy atom. The minimum atomic E-state index is -0.785. The summed E-state index contributed by atoms with van der Waals surface area (Å²) in [6.07, 6.45) is 0. The molecule has 0 aliphatic carbocycles. The summed E-state index contributed by atoms with van der Waals surface area (Å²) in [5.74, 6) is 2.19. The maximum Gasteiger partial charge on any atom is 0.166 e. The molecule has 0 aromatic heterocycles. The predicted octanol–water partition coefficient (Wildman–Crippen LogP) is 1.38. The fraction of sp³-hybridized carbons (Fsp3) is 0.300. The van der Waals surface area contributed by atoms with Crippen LogP contribution in [0.4, 0.5) is 0 Å². The third-order valence-corrected chi connectivity index (χ3v) is 2.40. The molecule has 0 bridgehead atoms. The Kier molecular flexibility index (Phi) is 6.09. The molecule has 0 saturated carbocycles. The first-order valence-corrected chi connectivity index (χ1v) is 6.11. The van der Waals surface area contributed by atoms with E-state index in [1.165, 1.54) is 0 Å². The van der Waals surface area contributed by atoms with Gasteiger partial charge in [0.2, 0.25) is 0 Å². The Bertz CT molecular complexity index is 315. The minimum absolute atomic E-state index is 0.541. The van der Waals surface area contributed by atoms with Crippen molar-refractivity contribution in [3.63, 3.8) is 0 Å². The molecule has 0 N–H and O–H groups in total. The molecular formula is C10H13BBrN2O-. The van der Waals surface area contributed by atoms with Crippen LogP contribution >= 0.6 is 15.9 Å². The normalized spacial score (nSPS) is 10.2. The Morgan fingerprint density at radius 1 is 1.40 bits per heavy atom. The monoisotopic (exact) mass is 267 g/mol. The molecule has 0 spiro atoms. The summed E-state index contributed by atoms with van der Waals surface area (Å²) in [7, 11) is -0.785. The summed E-state index contributed by atoms with van der Waals surface area (Å²) in [4.78, 5) is 7.32. The highest BCUT2D eigenvalue weighted by Crippen LogP contribution is 2.02. The second kappa shape index (κ2) is 7.46. The van der Waals surface area contributed by atoms with E-state index < -0.39 is 7.41 Å². The molecule has 80 valence electrons. The molecule has 0 saturated heterocycles. The molecule has 0 aliphatic heterocycles. The first-order valence-electron chi connectivity index (χ1n) is 4.99. The van der Waals surface area contributed by atoms with Crippen LogP contribution in [0.15, 0.2) is 30.3 Å². The minimum Gasteiger partial charge on any atom is -0.347 e. The van der Waals surface area contributed by atoms with Crippen molar-refractivity contribution in [3.05, 3.63) is 35.9 Å². The molecule has 15 heavy (non-hydrogen) atoms. The fourth-order valence-electron chi connectivity index (χ4n) is 1.23. The van der Waals surface area contributed by atoms with Gasteiger partial charge in [-0.05, 0) is 12.1 Å². The molecule has 0 atom stereocenters. The van der Waals surface area contributed by atoms with Gasteiger partial charge in [0.15, 0.2) is 7.41 Å². The van der Waals surface area contributed by atoms with Crippen LogP contribution in [0.1, 0.15) is 5.56 Å². The summed E-state index contributed by atoms with van der Waals surface area (Å²) < 4.78 is 0. The molecule has 0 aliphatic rings. The van der Waals surface area contributed by atoms with Crippen LogP contribution in [0.25, 0.3) is 0 Å². The lowest BCUT2D eigenvalue weighted by molar-refractivity contribution is -0.0943. The summed E-state index contributed by atoms with van der Waals surface area (Å²) in [6, 6.07) is 9.96. The van der Waals surface area contributed by atoms with Crippen LogP contribution < -0.4 is 0 Å². The van der Waals surface area contributed by atoms with E-state index in [4.69, 9.17) is 10.1 Å². The molecule has 5 heteroatoms. The molecule has 0 heterocycles. The number of nitrogens with zero attached hydrogens (tertiary/aromatic N) is 2. The van der Waals surface area contributed by atoms with Crippen molar-refractivity contribution in [2.24, 2.45) is 0 Å². The van der Waals surface area contributed by atoms with Crippen LogP contribution in [-0.4, -0.2) is 24.3 Å². The number of halogens is 1. The van der Waals surface area contributed by atoms with Gasteiger partial charge in [-0.15, -0.1) is 5.97 Å². The zero-order chi connectivity index (χ0) is 10.9. The Morgan fingerprint density at radius 3 is 2.73 bits per heavy atom. The lowest BCUT2D eigenvalue weighted by Crippen LogP contribution is -2.29. The average molecular weight is 268 g/mol. The van der Waals surface area contributed by atoms with Crippen molar-refractivity contribution in [2.75, 3.05) is 11.9 Å². The number of alkyl halides is 1. The molecular weight excluding hydrogens is 255 g/mol. The molecule has 0 amide bonds. The zero-order valence-electron chi connectivity index (χ0n) is 8.69. The maximum absolute atomic E-state index is 8.63. The van der Waals surface area contributed by atoms with E-state index in [2.05, 4.69) is 21.9 Å². The third kappa shape index (κ3) is 4.98. The number of hydrogen-bond donors (Lipinski definition) is 0. The largest absolute Gasteiger partial charge is 0.347 e. The smallest absolute Gasteiger partial charge is 0.166 e. The van der Waals surface area contributed by atoms with Gasteiger partial charge in [-0.2, -0.15) is 0 Å². The lowest BCUT2D eigenvalue weighted by atomic mass is 9.98. The average Bonchev–Trinajstić information content (AvgIpc) is 2.28. The SMILES string of the molecule is N#C[BH2-]N(CCBr)OCc1ccccc1. The first kappa shape index (κ1) is 12.2. The van der Waals surface area contributed by atoms with E-state index in [0.29, 0.717) is 6.61 Å². The zero-order valence-corrected chi connectivity index (χ0v) is 10.3. The van der Waals surface area contributed by atoms with Gasteiger partial charge < -0.3 is 9.81 Å². The van der Waals surface area contributed by atoms with Crippen molar-refractivity contribution < 1.29 is 4.84 Å². The lowest BCUT2D eigenvalue weighted by Gasteiger charge is -2.24. The van der Waals surface area contributed by atoms with E-state index in [1.54, 1.807) is 4.97 Å². The van der Waals surface area contributed by atoms with Gasteiger partial charge >= 0.3 is 0 Å². The molecule has 0 unspecified atom stereocenters. The predicted molar refractivity (Wildman–Crippen MR) is 65.9 cm³/mol. The molecule has 1 rings (SSSR count). The standard InChI is InChI=1S/C10H13BBrN2O/c12-6-7-14(11-9-13)15-8-10-4-2-1-3-5-10/h1-5H,6-8,11H2/q-1. The summed E-state index contributed by atoms with van der Waals surface area (Å²) in [5, 5.41) is 9.46. The van der Waals surface area contributed by atoms with Crippen LogP contribution in [0, 0.1) is 11.2 Å². The highest BCUT2D eigenvalue weighted by atomic mass is 79.9. The van der Waals surface area contributed by atoms with Crippen LogP contribution in [0.5, 0.6) is 0 Å². The van der Waals surface area contributed by atoms with E-state index in [-0.39, 0.29) is 0 Å². The first-order chi connectivity index (χ1) is 7.36. The quantitative estimate of drug-likeness (QED) is 0.444. The number of rotatable bonds is 6. The van der Waals surface area contributed by atoms with Crippen molar-refractivity contribution in [1.29, 1.82) is 5.26 Å². The van der Waals surface area contributed by atoms with E-state index in [0.717, 1.165) is 17.4 Å². The van der Waals surface area contributed by atoms with Gasteiger partial charge in [0.1, 0.15) is 0 Å². The molecule has 1 aromatic carbocycles. The number of nitriles is 1. The van der Waals surface area contributed by atoms with Crippen molar-refractivity contribution >= 4 is 23.3 Å². The van der Waals surface area contributed by atoms with E-state index in [1.807, 2.05) is 30.3 Å². The van der Waals surface area contributed by atoms with Gasteiger partial charge in [-0.25, -0.2) is 5.26 Å². The summed E-state index contributed by atoms with van der Waals surface area (Å²) in [5.41, 5.74) is 1.13. The second-order valence-electron chi connectivity index (χ2n) is 3.25. The van der Waals surface area contributed by atoms with Crippen molar-refractivity contribution in [1.82, 2.24) is 4.97 Å². The van der Waals surface area contributed by atoms with Gasteiger partial charge in [0.25, 0.3) is 0 Å². The van der Waals surface area contributed by atoms with E-state index >= 15 is 0 Å². The number of hydroxylamine groups is 1. The summed E-state index contributed by atoms with van der Waals surface area (Å²) >= 11 is 3.34. The number of hydrogen-bond acceptors (Lipinski definition) is 3. The van der Waals surface area contributed by atoms with E-state index in [9.17, 15) is 0 Å². The van der Waals surface area contributed by atoms with Gasteiger partial charge in [0, 0.05) is 5.33 Å². The highest BCUT2D eigenvalue weighted by Gasteiger charge is 1.98. The molecule has 0 radical (unpaired) electrons. The molecule has 3 nitrogen and oxygen atoms in total. The molecule has 0 fully saturated rings. The number of benzene rings is 1. The van der Waals surface area contributed by atoms with Crippen molar-refractivity contribution in [3.8, 4) is 5.97 Å². The highest BCUT2D eigenvalue weighted by molar-refractivity contribution is 9.09. The van der Waals surface area contributed by atoms with Crippen LogP contribution in [-0.2, 0) is 11.4 Å². The van der Waals surface area contributed by atoms with Crippen LogP contribution in [0.2, 0.25) is 0 Å². The Balaban J connectivity index is 2.37. The summed E-state index contributed by atoms with van der Waals surface area (Å²) in [6.45, 7) is 1.30. The van der Waals surface area contributed by atoms with Crippen LogP contribution in [0.3, 0.4) is 0 Å². The van der Waals surface area contributed by atoms with Crippen molar-refractivity contribution in [2.45, 2.75) is 6.61 Å². The second-order valence-corrected chi connectivity index (χ2v) is 4.04. The fourth-order valence-corrected chi connectivity index (χ4v) is 1.73. The Hall–Kier alpha value is -0.825. The van der Waals surface area contributed by atoms with Gasteiger partial charge in [-0.3, -0.25) is 0 Å². The Labute approximate surface area is 99.0 Å². The topological polar surface area (TPSA) is 36.3 Å².